The van der Waals surface area contributed by atoms with Crippen LogP contribution in [0.15, 0.2) is 29.2 Å². The first kappa shape index (κ1) is 26.7. The number of rotatable bonds is 14. The second kappa shape index (κ2) is 13.2. The van der Waals surface area contributed by atoms with Crippen molar-refractivity contribution in [2.75, 3.05) is 33.8 Å². The van der Waals surface area contributed by atoms with Crippen molar-refractivity contribution in [3.63, 3.8) is 0 Å². The zero-order valence-electron chi connectivity index (χ0n) is 19.7. The van der Waals surface area contributed by atoms with Crippen molar-refractivity contribution in [2.24, 2.45) is 0 Å². The molecule has 0 spiro atoms. The summed E-state index contributed by atoms with van der Waals surface area (Å²) in [5.74, 6) is 0. The molecule has 0 N–H and O–H groups in total. The van der Waals surface area contributed by atoms with E-state index in [0.29, 0.717) is 0 Å². The van der Waals surface area contributed by atoms with Crippen molar-refractivity contribution in [1.29, 1.82) is 0 Å². The molecule has 0 amide bonds. The SMILES string of the molecule is CCCCCN(C)CCCCOC1CCC(N(C)S(=O)(=O)c2ccc([N+](=O)[O-])cc2)CC1. The molecule has 0 saturated heterocycles. The van der Waals surface area contributed by atoms with Gasteiger partial charge in [0.25, 0.3) is 5.69 Å². The van der Waals surface area contributed by atoms with E-state index < -0.39 is 14.9 Å². The number of nitrogens with zero attached hydrogens (tertiary/aromatic N) is 3. The summed E-state index contributed by atoms with van der Waals surface area (Å²) in [7, 11) is 0.102. The number of hydrogen-bond acceptors (Lipinski definition) is 6. The van der Waals surface area contributed by atoms with Gasteiger partial charge in [0.15, 0.2) is 0 Å². The third kappa shape index (κ3) is 8.10. The second-order valence-corrected chi connectivity index (χ2v) is 10.8. The minimum Gasteiger partial charge on any atom is -0.378 e. The van der Waals surface area contributed by atoms with E-state index in [1.165, 1.54) is 47.8 Å². The highest BCUT2D eigenvalue weighted by Crippen LogP contribution is 2.29. The zero-order valence-corrected chi connectivity index (χ0v) is 20.6. The van der Waals surface area contributed by atoms with Gasteiger partial charge in [-0.1, -0.05) is 19.8 Å². The first-order valence-corrected chi connectivity index (χ1v) is 13.2. The Balaban J connectivity index is 1.70. The molecule has 0 atom stereocenters. The summed E-state index contributed by atoms with van der Waals surface area (Å²) < 4.78 is 33.3. The number of nitro groups is 1. The van der Waals surface area contributed by atoms with Crippen molar-refractivity contribution in [3.05, 3.63) is 34.4 Å². The molecule has 8 nitrogen and oxygen atoms in total. The topological polar surface area (TPSA) is 93.0 Å². The number of benzene rings is 1. The van der Waals surface area contributed by atoms with E-state index in [2.05, 4.69) is 18.9 Å². The van der Waals surface area contributed by atoms with Gasteiger partial charge in [-0.05, 0) is 77.2 Å². The summed E-state index contributed by atoms with van der Waals surface area (Å²) in [6.45, 7) is 5.25. The molecule has 0 unspecified atom stereocenters. The smallest absolute Gasteiger partial charge is 0.269 e. The Morgan fingerprint density at radius 3 is 2.16 bits per heavy atom. The van der Waals surface area contributed by atoms with E-state index in [-0.39, 0.29) is 22.7 Å². The molecular formula is C23H39N3O5S. The quantitative estimate of drug-likeness (QED) is 0.227. The summed E-state index contributed by atoms with van der Waals surface area (Å²) in [5.41, 5.74) is -0.118. The fourth-order valence-electron chi connectivity index (χ4n) is 4.16. The summed E-state index contributed by atoms with van der Waals surface area (Å²) in [5, 5.41) is 10.8. The van der Waals surface area contributed by atoms with E-state index in [9.17, 15) is 18.5 Å². The minimum atomic E-state index is -3.67. The van der Waals surface area contributed by atoms with Crippen LogP contribution in [0.2, 0.25) is 0 Å². The van der Waals surface area contributed by atoms with Crippen LogP contribution >= 0.6 is 0 Å². The fourth-order valence-corrected chi connectivity index (χ4v) is 5.57. The van der Waals surface area contributed by atoms with Gasteiger partial charge in [-0.25, -0.2) is 8.42 Å². The van der Waals surface area contributed by atoms with Gasteiger partial charge in [0.2, 0.25) is 10.0 Å². The number of ether oxygens (including phenoxy) is 1. The highest BCUT2D eigenvalue weighted by Gasteiger charge is 2.32. The number of hydrogen-bond donors (Lipinski definition) is 0. The lowest BCUT2D eigenvalue weighted by Crippen LogP contribution is -2.40. The summed E-state index contributed by atoms with van der Waals surface area (Å²) in [6.07, 6.45) is 9.40. The van der Waals surface area contributed by atoms with Crippen LogP contribution in [0.3, 0.4) is 0 Å². The highest BCUT2D eigenvalue weighted by molar-refractivity contribution is 7.89. The van der Waals surface area contributed by atoms with Crippen molar-refractivity contribution >= 4 is 15.7 Å². The third-order valence-electron chi connectivity index (χ3n) is 6.31. The van der Waals surface area contributed by atoms with Crippen LogP contribution in [-0.4, -0.2) is 68.5 Å². The van der Waals surface area contributed by atoms with Crippen molar-refractivity contribution in [3.8, 4) is 0 Å². The Bertz CT molecular complexity index is 792. The van der Waals surface area contributed by atoms with E-state index >= 15 is 0 Å². The average molecular weight is 470 g/mol. The van der Waals surface area contributed by atoms with Crippen LogP contribution in [0.4, 0.5) is 5.69 Å². The lowest BCUT2D eigenvalue weighted by atomic mass is 9.93. The first-order valence-electron chi connectivity index (χ1n) is 11.8. The lowest BCUT2D eigenvalue weighted by molar-refractivity contribution is -0.384. The Kier molecular flexibility index (Phi) is 11.0. The number of non-ortho nitro benzene ring substituents is 1. The van der Waals surface area contributed by atoms with Crippen molar-refractivity contribution in [1.82, 2.24) is 9.21 Å². The van der Waals surface area contributed by atoms with E-state index in [1.54, 1.807) is 7.05 Å². The molecule has 32 heavy (non-hydrogen) atoms. The highest BCUT2D eigenvalue weighted by atomic mass is 32.2. The van der Waals surface area contributed by atoms with E-state index in [0.717, 1.165) is 58.2 Å². The summed E-state index contributed by atoms with van der Waals surface area (Å²) in [6, 6.07) is 5.00. The van der Waals surface area contributed by atoms with E-state index in [1.807, 2.05) is 0 Å². The third-order valence-corrected chi connectivity index (χ3v) is 8.24. The van der Waals surface area contributed by atoms with Crippen LogP contribution in [0.1, 0.15) is 64.7 Å². The molecule has 2 rings (SSSR count). The van der Waals surface area contributed by atoms with Crippen molar-refractivity contribution < 1.29 is 18.1 Å². The van der Waals surface area contributed by atoms with Crippen molar-refractivity contribution in [2.45, 2.75) is 81.8 Å². The molecular weight excluding hydrogens is 430 g/mol. The zero-order chi connectivity index (χ0) is 23.6. The molecule has 1 fully saturated rings. The summed E-state index contributed by atoms with van der Waals surface area (Å²) >= 11 is 0. The monoisotopic (exact) mass is 469 g/mol. The largest absolute Gasteiger partial charge is 0.378 e. The predicted octanol–water partition coefficient (Wildman–Crippen LogP) is 4.45. The minimum absolute atomic E-state index is 0.0770. The maximum absolute atomic E-state index is 12.9. The molecule has 1 aliphatic rings. The van der Waals surface area contributed by atoms with Gasteiger partial charge in [-0.3, -0.25) is 10.1 Å². The van der Waals surface area contributed by atoms with Gasteiger partial charge >= 0.3 is 0 Å². The van der Waals surface area contributed by atoms with Crippen LogP contribution in [0.5, 0.6) is 0 Å². The number of nitro benzene ring substituents is 1. The lowest BCUT2D eigenvalue weighted by Gasteiger charge is -2.34. The molecule has 0 aliphatic heterocycles. The predicted molar refractivity (Wildman–Crippen MR) is 126 cm³/mol. The molecule has 0 aromatic heterocycles. The molecule has 0 heterocycles. The normalized spacial score (nSPS) is 19.5. The van der Waals surface area contributed by atoms with Gasteiger partial charge in [0, 0.05) is 31.8 Å². The van der Waals surface area contributed by atoms with Gasteiger partial charge in [0.1, 0.15) is 0 Å². The molecule has 0 radical (unpaired) electrons. The molecule has 1 saturated carbocycles. The summed E-state index contributed by atoms with van der Waals surface area (Å²) in [4.78, 5) is 12.7. The number of sulfonamides is 1. The van der Waals surface area contributed by atoms with Gasteiger partial charge in [0.05, 0.1) is 15.9 Å². The Labute approximate surface area is 193 Å². The second-order valence-electron chi connectivity index (χ2n) is 8.79. The molecule has 1 aromatic rings. The maximum atomic E-state index is 12.9. The average Bonchev–Trinajstić information content (AvgIpc) is 2.79. The number of unbranched alkanes of at least 4 members (excludes halogenated alkanes) is 3. The standard InChI is InChI=1S/C23H39N3O5S/c1-4-5-6-17-24(2)18-7-8-19-31-22-13-9-20(10-14-22)25(3)32(29,30)23-15-11-21(12-16-23)26(27)28/h11-12,15-16,20,22H,4-10,13-14,17-19H2,1-3H3. The van der Waals surface area contributed by atoms with E-state index in [4.69, 9.17) is 4.74 Å². The van der Waals surface area contributed by atoms with Gasteiger partial charge in [-0.15, -0.1) is 0 Å². The fraction of sp³-hybridized carbons (Fsp3) is 0.739. The Hall–Kier alpha value is -1.55. The Morgan fingerprint density at radius 2 is 1.59 bits per heavy atom. The first-order chi connectivity index (χ1) is 15.3. The van der Waals surface area contributed by atoms with Gasteiger partial charge < -0.3 is 9.64 Å². The van der Waals surface area contributed by atoms with Crippen LogP contribution in [0, 0.1) is 10.1 Å². The van der Waals surface area contributed by atoms with Gasteiger partial charge in [-0.2, -0.15) is 4.31 Å². The molecule has 9 heteroatoms. The van der Waals surface area contributed by atoms with Crippen LogP contribution in [-0.2, 0) is 14.8 Å². The molecule has 0 bridgehead atoms. The van der Waals surface area contributed by atoms with Crippen LogP contribution in [0.25, 0.3) is 0 Å². The Morgan fingerprint density at radius 1 is 1.00 bits per heavy atom. The maximum Gasteiger partial charge on any atom is 0.269 e. The van der Waals surface area contributed by atoms with Crippen LogP contribution < -0.4 is 0 Å². The molecule has 1 aromatic carbocycles. The molecule has 182 valence electrons. The molecule has 1 aliphatic carbocycles.